The predicted octanol–water partition coefficient (Wildman–Crippen LogP) is 2.52. The third kappa shape index (κ3) is 3.37. The molecule has 0 saturated carbocycles. The molecule has 2 unspecified atom stereocenters. The molecule has 0 amide bonds. The molecular weight excluding hydrogens is 218 g/mol. The van der Waals surface area contributed by atoms with Crippen molar-refractivity contribution in [3.63, 3.8) is 0 Å². The Morgan fingerprint density at radius 1 is 1.41 bits per heavy atom. The van der Waals surface area contributed by atoms with E-state index in [2.05, 4.69) is 5.32 Å². The molecule has 0 saturated heterocycles. The maximum atomic E-state index is 10.9. The Hall–Kier alpha value is -1.71. The average molecular weight is 237 g/mol. The number of carboxylic acids is 1. The second-order valence-electron chi connectivity index (χ2n) is 4.24. The number of nitrogens with one attached hydrogen (secondary N) is 1. The van der Waals surface area contributed by atoms with E-state index in [1.165, 1.54) is 0 Å². The van der Waals surface area contributed by atoms with Gasteiger partial charge in [0.15, 0.2) is 0 Å². The van der Waals surface area contributed by atoms with Crippen LogP contribution in [0.2, 0.25) is 0 Å². The quantitative estimate of drug-likeness (QED) is 0.826. The summed E-state index contributed by atoms with van der Waals surface area (Å²) in [6.07, 6.45) is 0. The Morgan fingerprint density at radius 2 is 2.06 bits per heavy atom. The Labute approximate surface area is 102 Å². The number of rotatable bonds is 5. The summed E-state index contributed by atoms with van der Waals surface area (Å²) in [4.78, 5) is 10.9. The van der Waals surface area contributed by atoms with Crippen molar-refractivity contribution < 1.29 is 14.6 Å². The predicted molar refractivity (Wildman–Crippen MR) is 67.6 cm³/mol. The Kier molecular flexibility index (Phi) is 4.37. The fourth-order valence-electron chi connectivity index (χ4n) is 1.51. The van der Waals surface area contributed by atoms with Crippen LogP contribution in [0.3, 0.4) is 0 Å². The van der Waals surface area contributed by atoms with E-state index in [0.29, 0.717) is 0 Å². The first-order valence-corrected chi connectivity index (χ1v) is 5.59. The van der Waals surface area contributed by atoms with Gasteiger partial charge in [0.25, 0.3) is 0 Å². The van der Waals surface area contributed by atoms with Gasteiger partial charge in [-0.05, 0) is 44.5 Å². The Bertz CT molecular complexity index is 404. The number of anilines is 1. The van der Waals surface area contributed by atoms with E-state index in [0.717, 1.165) is 17.0 Å². The first kappa shape index (κ1) is 13.4. The summed E-state index contributed by atoms with van der Waals surface area (Å²) >= 11 is 0. The molecule has 94 valence electrons. The van der Waals surface area contributed by atoms with Crippen molar-refractivity contribution in [2.24, 2.45) is 5.92 Å². The second-order valence-corrected chi connectivity index (χ2v) is 4.24. The van der Waals surface area contributed by atoms with Gasteiger partial charge in [-0.1, -0.05) is 0 Å². The number of hydrogen-bond donors (Lipinski definition) is 2. The zero-order valence-electron chi connectivity index (χ0n) is 10.7. The molecule has 4 heteroatoms. The standard InChI is InChI=1S/C13H19NO3/c1-8-7-11(17-4)5-6-12(8)14-10(3)9(2)13(15)16/h5-7,9-10,14H,1-4H3,(H,15,16). The lowest BCUT2D eigenvalue weighted by atomic mass is 10.0. The number of aliphatic carboxylic acids is 1. The molecule has 0 aliphatic heterocycles. The lowest BCUT2D eigenvalue weighted by molar-refractivity contribution is -0.141. The van der Waals surface area contributed by atoms with Crippen LogP contribution >= 0.6 is 0 Å². The highest BCUT2D eigenvalue weighted by atomic mass is 16.5. The SMILES string of the molecule is COc1ccc(NC(C)C(C)C(=O)O)c(C)c1. The van der Waals surface area contributed by atoms with Crippen molar-refractivity contribution >= 4 is 11.7 Å². The Morgan fingerprint density at radius 3 is 2.53 bits per heavy atom. The summed E-state index contributed by atoms with van der Waals surface area (Å²) in [5.74, 6) is -0.431. The van der Waals surface area contributed by atoms with Crippen LogP contribution in [0.15, 0.2) is 18.2 Å². The molecular formula is C13H19NO3. The minimum atomic E-state index is -0.795. The topological polar surface area (TPSA) is 58.6 Å². The zero-order chi connectivity index (χ0) is 13.0. The number of carboxylic acid groups (broad SMARTS) is 1. The van der Waals surface area contributed by atoms with Crippen molar-refractivity contribution in [1.29, 1.82) is 0 Å². The van der Waals surface area contributed by atoms with E-state index in [1.807, 2.05) is 32.0 Å². The number of carbonyl (C=O) groups is 1. The van der Waals surface area contributed by atoms with Gasteiger partial charge in [-0.3, -0.25) is 4.79 Å². The maximum Gasteiger partial charge on any atom is 0.308 e. The first-order chi connectivity index (χ1) is 7.95. The molecule has 1 aromatic rings. The lowest BCUT2D eigenvalue weighted by Crippen LogP contribution is -2.29. The van der Waals surface area contributed by atoms with Gasteiger partial charge in [0, 0.05) is 11.7 Å². The van der Waals surface area contributed by atoms with Gasteiger partial charge in [0.05, 0.1) is 13.0 Å². The molecule has 4 nitrogen and oxygen atoms in total. The maximum absolute atomic E-state index is 10.9. The van der Waals surface area contributed by atoms with Crippen molar-refractivity contribution in [2.75, 3.05) is 12.4 Å². The number of methoxy groups -OCH3 is 1. The molecule has 0 spiro atoms. The molecule has 0 radical (unpaired) electrons. The normalized spacial score (nSPS) is 13.9. The molecule has 1 rings (SSSR count). The van der Waals surface area contributed by atoms with Gasteiger partial charge in [-0.15, -0.1) is 0 Å². The molecule has 0 heterocycles. The van der Waals surface area contributed by atoms with E-state index >= 15 is 0 Å². The molecule has 1 aromatic carbocycles. The number of ether oxygens (including phenoxy) is 1. The van der Waals surface area contributed by atoms with Crippen LogP contribution in [0.25, 0.3) is 0 Å². The van der Waals surface area contributed by atoms with Crippen LogP contribution in [-0.2, 0) is 4.79 Å². The smallest absolute Gasteiger partial charge is 0.308 e. The Balaban J connectivity index is 2.78. The minimum Gasteiger partial charge on any atom is -0.497 e. The van der Waals surface area contributed by atoms with E-state index < -0.39 is 11.9 Å². The summed E-state index contributed by atoms with van der Waals surface area (Å²) in [6, 6.07) is 5.55. The van der Waals surface area contributed by atoms with Crippen LogP contribution < -0.4 is 10.1 Å². The van der Waals surface area contributed by atoms with Gasteiger partial charge in [0.2, 0.25) is 0 Å². The minimum absolute atomic E-state index is 0.125. The van der Waals surface area contributed by atoms with E-state index in [-0.39, 0.29) is 6.04 Å². The summed E-state index contributed by atoms with van der Waals surface area (Å²) in [5, 5.41) is 12.1. The second kappa shape index (κ2) is 5.57. The van der Waals surface area contributed by atoms with Crippen LogP contribution in [0, 0.1) is 12.8 Å². The van der Waals surface area contributed by atoms with Crippen LogP contribution in [0.4, 0.5) is 5.69 Å². The van der Waals surface area contributed by atoms with Crippen molar-refractivity contribution in [1.82, 2.24) is 0 Å². The number of benzene rings is 1. The average Bonchev–Trinajstić information content (AvgIpc) is 2.30. The molecule has 0 bridgehead atoms. The number of aryl methyl sites for hydroxylation is 1. The van der Waals surface area contributed by atoms with Gasteiger partial charge < -0.3 is 15.2 Å². The lowest BCUT2D eigenvalue weighted by Gasteiger charge is -2.20. The molecule has 0 aliphatic rings. The molecule has 17 heavy (non-hydrogen) atoms. The molecule has 2 N–H and O–H groups in total. The van der Waals surface area contributed by atoms with Crippen molar-refractivity contribution in [2.45, 2.75) is 26.8 Å². The van der Waals surface area contributed by atoms with Gasteiger partial charge in [-0.2, -0.15) is 0 Å². The van der Waals surface area contributed by atoms with E-state index in [4.69, 9.17) is 9.84 Å². The molecule has 0 aliphatic carbocycles. The summed E-state index contributed by atoms with van der Waals surface area (Å²) in [7, 11) is 1.62. The third-order valence-electron chi connectivity index (χ3n) is 2.96. The third-order valence-corrected chi connectivity index (χ3v) is 2.96. The molecule has 2 atom stereocenters. The van der Waals surface area contributed by atoms with Crippen molar-refractivity contribution in [3.05, 3.63) is 23.8 Å². The van der Waals surface area contributed by atoms with Crippen molar-refractivity contribution in [3.8, 4) is 5.75 Å². The van der Waals surface area contributed by atoms with Gasteiger partial charge >= 0.3 is 5.97 Å². The highest BCUT2D eigenvalue weighted by Gasteiger charge is 2.19. The van der Waals surface area contributed by atoms with E-state index in [1.54, 1.807) is 14.0 Å². The summed E-state index contributed by atoms with van der Waals surface area (Å²) in [6.45, 7) is 5.52. The summed E-state index contributed by atoms with van der Waals surface area (Å²) in [5.41, 5.74) is 1.97. The fraction of sp³-hybridized carbons (Fsp3) is 0.462. The number of hydrogen-bond acceptors (Lipinski definition) is 3. The zero-order valence-corrected chi connectivity index (χ0v) is 10.7. The summed E-state index contributed by atoms with van der Waals surface area (Å²) < 4.78 is 5.12. The fourth-order valence-corrected chi connectivity index (χ4v) is 1.51. The monoisotopic (exact) mass is 237 g/mol. The van der Waals surface area contributed by atoms with Crippen LogP contribution in [-0.4, -0.2) is 24.2 Å². The van der Waals surface area contributed by atoms with Crippen LogP contribution in [0.1, 0.15) is 19.4 Å². The molecule has 0 fully saturated rings. The first-order valence-electron chi connectivity index (χ1n) is 5.59. The highest BCUT2D eigenvalue weighted by Crippen LogP contribution is 2.22. The van der Waals surface area contributed by atoms with Crippen LogP contribution in [0.5, 0.6) is 5.75 Å². The highest BCUT2D eigenvalue weighted by molar-refractivity contribution is 5.71. The van der Waals surface area contributed by atoms with Gasteiger partial charge in [-0.25, -0.2) is 0 Å². The molecule has 0 aromatic heterocycles. The largest absolute Gasteiger partial charge is 0.497 e. The van der Waals surface area contributed by atoms with E-state index in [9.17, 15) is 4.79 Å². The van der Waals surface area contributed by atoms with Gasteiger partial charge in [0.1, 0.15) is 5.75 Å².